The van der Waals surface area contributed by atoms with Crippen LogP contribution in [0.25, 0.3) is 0 Å². The summed E-state index contributed by atoms with van der Waals surface area (Å²) < 4.78 is 30.3. The number of halogens is 1. The van der Waals surface area contributed by atoms with Gasteiger partial charge in [-0.15, -0.1) is 0 Å². The lowest BCUT2D eigenvalue weighted by Crippen LogP contribution is -2.37. The molecule has 0 spiro atoms. The Morgan fingerprint density at radius 3 is 2.83 bits per heavy atom. The molecule has 0 radical (unpaired) electrons. The van der Waals surface area contributed by atoms with Gasteiger partial charge in [-0.25, -0.2) is 4.39 Å². The molecule has 2 aliphatic heterocycles. The molecule has 0 aromatic heterocycles. The fraction of sp³-hybridized carbons (Fsp3) is 0.571. The predicted octanol–water partition coefficient (Wildman–Crippen LogP) is 2.67. The molecule has 3 rings (SSSR count). The van der Waals surface area contributed by atoms with E-state index in [0.29, 0.717) is 6.61 Å². The summed E-state index contributed by atoms with van der Waals surface area (Å²) in [6.07, 6.45) is 1.60. The molecule has 1 aromatic rings. The van der Waals surface area contributed by atoms with Crippen molar-refractivity contribution in [2.75, 3.05) is 6.61 Å². The van der Waals surface area contributed by atoms with Crippen molar-refractivity contribution < 1.29 is 18.6 Å². The minimum Gasteiger partial charge on any atom is -0.487 e. The topological polar surface area (TPSA) is 27.7 Å². The summed E-state index contributed by atoms with van der Waals surface area (Å²) in [5.74, 6) is 0.0234. The molecular formula is C14H17FO3. The number of rotatable bonds is 1. The van der Waals surface area contributed by atoms with Crippen molar-refractivity contribution in [2.45, 2.75) is 44.7 Å². The highest BCUT2D eigenvalue weighted by Gasteiger charge is 2.39. The normalized spacial score (nSPS) is 29.7. The summed E-state index contributed by atoms with van der Waals surface area (Å²) in [6.45, 7) is 4.35. The second-order valence-electron chi connectivity index (χ2n) is 5.31. The van der Waals surface area contributed by atoms with Crippen LogP contribution in [0.15, 0.2) is 18.2 Å². The molecule has 1 saturated heterocycles. The molecular weight excluding hydrogens is 235 g/mol. The van der Waals surface area contributed by atoms with E-state index < -0.39 is 5.79 Å². The van der Waals surface area contributed by atoms with Gasteiger partial charge in [0.25, 0.3) is 0 Å². The van der Waals surface area contributed by atoms with Gasteiger partial charge in [0.1, 0.15) is 23.8 Å². The molecule has 1 aromatic carbocycles. The first-order chi connectivity index (χ1) is 8.53. The van der Waals surface area contributed by atoms with Crippen molar-refractivity contribution in [3.63, 3.8) is 0 Å². The molecule has 2 heterocycles. The summed E-state index contributed by atoms with van der Waals surface area (Å²) in [4.78, 5) is 0. The van der Waals surface area contributed by atoms with E-state index >= 15 is 0 Å². The lowest BCUT2D eigenvalue weighted by atomic mass is 9.99. The van der Waals surface area contributed by atoms with Crippen LogP contribution in [-0.4, -0.2) is 24.6 Å². The average molecular weight is 252 g/mol. The number of benzene rings is 1. The maximum Gasteiger partial charge on any atom is 0.163 e. The van der Waals surface area contributed by atoms with Crippen molar-refractivity contribution >= 4 is 0 Å². The minimum atomic E-state index is -0.531. The second kappa shape index (κ2) is 4.21. The molecule has 0 N–H and O–H groups in total. The standard InChI is InChI=1S/C14H17FO3/c1-14(2)16-8-13(18-14)12-5-3-9-7-10(15)4-6-11(9)17-12/h4,6-7,12-13H,3,5,8H2,1-2H3/t12?,13-/m0/s1. The molecule has 0 aliphatic carbocycles. The van der Waals surface area contributed by atoms with Crippen LogP contribution in [-0.2, 0) is 15.9 Å². The number of fused-ring (bicyclic) bond motifs is 1. The van der Waals surface area contributed by atoms with Gasteiger partial charge in [-0.2, -0.15) is 0 Å². The van der Waals surface area contributed by atoms with E-state index in [9.17, 15) is 4.39 Å². The third-order valence-electron chi connectivity index (χ3n) is 3.44. The highest BCUT2D eigenvalue weighted by Crippen LogP contribution is 2.33. The van der Waals surface area contributed by atoms with E-state index in [4.69, 9.17) is 14.2 Å². The van der Waals surface area contributed by atoms with Gasteiger partial charge in [-0.1, -0.05) is 0 Å². The summed E-state index contributed by atoms with van der Waals surface area (Å²) in [7, 11) is 0. The highest BCUT2D eigenvalue weighted by atomic mass is 19.1. The number of aryl methyl sites for hydroxylation is 1. The smallest absolute Gasteiger partial charge is 0.163 e. The van der Waals surface area contributed by atoms with Gasteiger partial charge in [0, 0.05) is 0 Å². The zero-order chi connectivity index (χ0) is 12.8. The van der Waals surface area contributed by atoms with E-state index in [1.165, 1.54) is 6.07 Å². The fourth-order valence-corrected chi connectivity index (χ4v) is 2.54. The van der Waals surface area contributed by atoms with Crippen molar-refractivity contribution in [1.29, 1.82) is 0 Å². The number of hydrogen-bond donors (Lipinski definition) is 0. The quantitative estimate of drug-likeness (QED) is 0.769. The van der Waals surface area contributed by atoms with E-state index in [1.807, 2.05) is 13.8 Å². The first-order valence-electron chi connectivity index (χ1n) is 6.30. The van der Waals surface area contributed by atoms with Gasteiger partial charge in [0.2, 0.25) is 0 Å². The first-order valence-corrected chi connectivity index (χ1v) is 6.30. The molecule has 0 amide bonds. The van der Waals surface area contributed by atoms with Crippen molar-refractivity contribution in [2.24, 2.45) is 0 Å². The van der Waals surface area contributed by atoms with Crippen LogP contribution >= 0.6 is 0 Å². The van der Waals surface area contributed by atoms with Gasteiger partial charge in [0.15, 0.2) is 5.79 Å². The van der Waals surface area contributed by atoms with E-state index in [-0.39, 0.29) is 18.0 Å². The van der Waals surface area contributed by atoms with Crippen LogP contribution in [0.5, 0.6) is 5.75 Å². The molecule has 2 aliphatic rings. The summed E-state index contributed by atoms with van der Waals surface area (Å²) in [5, 5.41) is 0. The predicted molar refractivity (Wildman–Crippen MR) is 64.0 cm³/mol. The Balaban J connectivity index is 1.74. The van der Waals surface area contributed by atoms with Crippen LogP contribution < -0.4 is 4.74 Å². The van der Waals surface area contributed by atoms with E-state index in [2.05, 4.69) is 0 Å². The number of ether oxygens (including phenoxy) is 3. The van der Waals surface area contributed by atoms with Gasteiger partial charge in [-0.05, 0) is 50.5 Å². The zero-order valence-corrected chi connectivity index (χ0v) is 10.6. The van der Waals surface area contributed by atoms with E-state index in [0.717, 1.165) is 24.2 Å². The van der Waals surface area contributed by atoms with Crippen molar-refractivity contribution in [1.82, 2.24) is 0 Å². The Morgan fingerprint density at radius 2 is 2.11 bits per heavy atom. The molecule has 3 nitrogen and oxygen atoms in total. The van der Waals surface area contributed by atoms with Crippen LogP contribution in [0.4, 0.5) is 4.39 Å². The van der Waals surface area contributed by atoms with Crippen molar-refractivity contribution in [3.05, 3.63) is 29.6 Å². The third-order valence-corrected chi connectivity index (χ3v) is 3.44. The molecule has 1 fully saturated rings. The highest BCUT2D eigenvalue weighted by molar-refractivity contribution is 5.36. The Hall–Kier alpha value is -1.13. The summed E-state index contributed by atoms with van der Waals surface area (Å²) >= 11 is 0. The zero-order valence-electron chi connectivity index (χ0n) is 10.6. The fourth-order valence-electron chi connectivity index (χ4n) is 2.54. The lowest BCUT2D eigenvalue weighted by molar-refractivity contribution is -0.149. The molecule has 1 unspecified atom stereocenters. The van der Waals surface area contributed by atoms with Crippen LogP contribution in [0.3, 0.4) is 0 Å². The van der Waals surface area contributed by atoms with Crippen LogP contribution in [0.2, 0.25) is 0 Å². The molecule has 0 saturated carbocycles. The van der Waals surface area contributed by atoms with Gasteiger partial charge in [-0.3, -0.25) is 0 Å². The monoisotopic (exact) mass is 252 g/mol. The van der Waals surface area contributed by atoms with Gasteiger partial charge >= 0.3 is 0 Å². The maximum absolute atomic E-state index is 13.1. The summed E-state index contributed by atoms with van der Waals surface area (Å²) in [5.41, 5.74) is 0.935. The Labute approximate surface area is 106 Å². The van der Waals surface area contributed by atoms with Crippen molar-refractivity contribution in [3.8, 4) is 5.75 Å². The first kappa shape index (κ1) is 11.9. The Morgan fingerprint density at radius 1 is 1.28 bits per heavy atom. The molecule has 0 bridgehead atoms. The average Bonchev–Trinajstić information content (AvgIpc) is 2.69. The Kier molecular flexibility index (Phi) is 2.79. The van der Waals surface area contributed by atoms with Gasteiger partial charge in [0.05, 0.1) is 6.61 Å². The Bertz CT molecular complexity index is 458. The molecule has 4 heteroatoms. The maximum atomic E-state index is 13.1. The van der Waals surface area contributed by atoms with Crippen LogP contribution in [0, 0.1) is 5.82 Å². The minimum absolute atomic E-state index is 0.00950. The molecule has 98 valence electrons. The second-order valence-corrected chi connectivity index (χ2v) is 5.31. The molecule has 18 heavy (non-hydrogen) atoms. The third kappa shape index (κ3) is 2.22. The van der Waals surface area contributed by atoms with E-state index in [1.54, 1.807) is 12.1 Å². The number of hydrogen-bond acceptors (Lipinski definition) is 3. The summed E-state index contributed by atoms with van der Waals surface area (Å²) in [6, 6.07) is 4.66. The SMILES string of the molecule is CC1(C)OC[C@@H](C2CCc3cc(F)ccc3O2)O1. The lowest BCUT2D eigenvalue weighted by Gasteiger charge is -2.30. The molecule has 2 atom stereocenters. The van der Waals surface area contributed by atoms with Gasteiger partial charge < -0.3 is 14.2 Å². The van der Waals surface area contributed by atoms with Crippen LogP contribution in [0.1, 0.15) is 25.8 Å². The largest absolute Gasteiger partial charge is 0.487 e.